The second-order valence-electron chi connectivity index (χ2n) is 3.12. The van der Waals surface area contributed by atoms with Gasteiger partial charge in [-0.15, -0.1) is 0 Å². The minimum atomic E-state index is -4.37. The fourth-order valence-electron chi connectivity index (χ4n) is 1.15. The van der Waals surface area contributed by atoms with Gasteiger partial charge in [-0.1, -0.05) is 15.9 Å². The van der Waals surface area contributed by atoms with Gasteiger partial charge in [0.15, 0.2) is 0 Å². The van der Waals surface area contributed by atoms with Crippen LogP contribution in [0.25, 0.3) is 0 Å². The van der Waals surface area contributed by atoms with Crippen molar-refractivity contribution in [3.05, 3.63) is 33.8 Å². The van der Waals surface area contributed by atoms with Gasteiger partial charge in [0.05, 0.1) is 25.4 Å². The Morgan fingerprint density at radius 1 is 1.25 bits per heavy atom. The zero-order valence-corrected chi connectivity index (χ0v) is 9.81. The lowest BCUT2D eigenvalue weighted by atomic mass is 10.1. The van der Waals surface area contributed by atoms with E-state index in [9.17, 15) is 13.2 Å². The zero-order chi connectivity index (χ0) is 12.2. The highest BCUT2D eigenvalue weighted by Gasteiger charge is 2.30. The third-order valence-corrected chi connectivity index (χ3v) is 2.25. The number of ether oxygens (including phenoxy) is 1. The molecule has 0 heterocycles. The third-order valence-electron chi connectivity index (χ3n) is 1.79. The molecule has 0 aromatic heterocycles. The van der Waals surface area contributed by atoms with Crippen molar-refractivity contribution in [2.24, 2.45) is 0 Å². The van der Waals surface area contributed by atoms with E-state index in [1.807, 2.05) is 0 Å². The predicted molar refractivity (Wildman–Crippen MR) is 55.9 cm³/mol. The first kappa shape index (κ1) is 13.5. The van der Waals surface area contributed by atoms with Gasteiger partial charge < -0.3 is 9.84 Å². The lowest BCUT2D eigenvalue weighted by molar-refractivity contribution is -0.137. The summed E-state index contributed by atoms with van der Waals surface area (Å²) in [6.45, 7) is -0.00290. The minimum absolute atomic E-state index is 0.0447. The van der Waals surface area contributed by atoms with E-state index in [1.165, 1.54) is 0 Å². The van der Waals surface area contributed by atoms with Crippen LogP contribution in [0, 0.1) is 0 Å². The maximum atomic E-state index is 12.4. The van der Waals surface area contributed by atoms with E-state index in [0.717, 1.165) is 12.1 Å². The lowest BCUT2D eigenvalue weighted by Gasteiger charge is -2.10. The molecule has 0 radical (unpaired) electrons. The fraction of sp³-hybridized carbons (Fsp3) is 0.400. The highest BCUT2D eigenvalue weighted by Crippen LogP contribution is 2.32. The summed E-state index contributed by atoms with van der Waals surface area (Å²) in [5.41, 5.74) is -0.306. The molecule has 0 aliphatic carbocycles. The second-order valence-corrected chi connectivity index (χ2v) is 4.04. The number of hydrogen-bond donors (Lipinski definition) is 1. The van der Waals surface area contributed by atoms with Crippen molar-refractivity contribution in [3.63, 3.8) is 0 Å². The summed E-state index contributed by atoms with van der Waals surface area (Å²) in [6.07, 6.45) is -4.37. The molecule has 0 saturated heterocycles. The third kappa shape index (κ3) is 4.11. The van der Waals surface area contributed by atoms with Gasteiger partial charge in [-0.25, -0.2) is 0 Å². The van der Waals surface area contributed by atoms with Gasteiger partial charge in [-0.3, -0.25) is 0 Å². The molecular formula is C10H10BrF3O2. The first-order valence-corrected chi connectivity index (χ1v) is 5.28. The van der Waals surface area contributed by atoms with Crippen LogP contribution in [0.5, 0.6) is 0 Å². The summed E-state index contributed by atoms with van der Waals surface area (Å²) in [7, 11) is 0. The van der Waals surface area contributed by atoms with Crippen molar-refractivity contribution in [1.29, 1.82) is 0 Å². The molecule has 1 N–H and O–H groups in total. The Morgan fingerprint density at radius 3 is 2.50 bits per heavy atom. The minimum Gasteiger partial charge on any atom is -0.394 e. The van der Waals surface area contributed by atoms with Crippen molar-refractivity contribution in [1.82, 2.24) is 0 Å². The topological polar surface area (TPSA) is 29.5 Å². The summed E-state index contributed by atoms with van der Waals surface area (Å²) in [5.74, 6) is 0. The Hall–Kier alpha value is -0.590. The van der Waals surface area contributed by atoms with Crippen LogP contribution < -0.4 is 0 Å². The molecule has 0 atom stereocenters. The zero-order valence-electron chi connectivity index (χ0n) is 8.22. The van der Waals surface area contributed by atoms with Gasteiger partial charge in [0.25, 0.3) is 0 Å². The predicted octanol–water partition coefficient (Wildman–Crippen LogP) is 2.98. The van der Waals surface area contributed by atoms with Gasteiger partial charge in [0, 0.05) is 4.47 Å². The summed E-state index contributed by atoms with van der Waals surface area (Å²) in [6, 6.07) is 3.59. The van der Waals surface area contributed by atoms with Crippen molar-refractivity contribution in [2.45, 2.75) is 12.8 Å². The van der Waals surface area contributed by atoms with E-state index < -0.39 is 11.7 Å². The summed E-state index contributed by atoms with van der Waals surface area (Å²) >= 11 is 3.01. The van der Waals surface area contributed by atoms with E-state index in [0.29, 0.717) is 10.0 Å². The molecule has 1 aromatic carbocycles. The van der Waals surface area contributed by atoms with Crippen LogP contribution in [0.15, 0.2) is 22.7 Å². The largest absolute Gasteiger partial charge is 0.416 e. The normalized spacial score (nSPS) is 11.8. The number of rotatable bonds is 4. The van der Waals surface area contributed by atoms with Crippen LogP contribution in [-0.4, -0.2) is 18.3 Å². The Bertz CT molecular complexity index is 352. The van der Waals surface area contributed by atoms with Crippen molar-refractivity contribution >= 4 is 15.9 Å². The van der Waals surface area contributed by atoms with Gasteiger partial charge in [0.2, 0.25) is 0 Å². The molecule has 1 aromatic rings. The molecule has 0 fully saturated rings. The highest BCUT2D eigenvalue weighted by molar-refractivity contribution is 9.10. The molecule has 1 rings (SSSR count). The van der Waals surface area contributed by atoms with Crippen LogP contribution in [0.3, 0.4) is 0 Å². The van der Waals surface area contributed by atoms with Crippen LogP contribution in [0.1, 0.15) is 11.1 Å². The van der Waals surface area contributed by atoms with E-state index >= 15 is 0 Å². The summed E-state index contributed by atoms with van der Waals surface area (Å²) in [5, 5.41) is 8.47. The summed E-state index contributed by atoms with van der Waals surface area (Å²) < 4.78 is 42.6. The van der Waals surface area contributed by atoms with Crippen LogP contribution >= 0.6 is 15.9 Å². The molecule has 0 bridgehead atoms. The van der Waals surface area contributed by atoms with Crippen molar-refractivity contribution in [3.8, 4) is 0 Å². The van der Waals surface area contributed by atoms with Crippen LogP contribution in [-0.2, 0) is 17.5 Å². The number of alkyl halides is 3. The number of halogens is 4. The first-order valence-electron chi connectivity index (χ1n) is 4.49. The van der Waals surface area contributed by atoms with E-state index in [4.69, 9.17) is 9.84 Å². The molecule has 90 valence electrons. The van der Waals surface area contributed by atoms with Gasteiger partial charge in [-0.05, 0) is 23.8 Å². The van der Waals surface area contributed by atoms with Crippen molar-refractivity contribution in [2.75, 3.05) is 13.2 Å². The molecule has 2 nitrogen and oxygen atoms in total. The lowest BCUT2D eigenvalue weighted by Crippen LogP contribution is -2.06. The maximum absolute atomic E-state index is 12.4. The average molecular weight is 299 g/mol. The summed E-state index contributed by atoms with van der Waals surface area (Å²) in [4.78, 5) is 0. The Labute approximate surface area is 99.2 Å². The molecule has 6 heteroatoms. The van der Waals surface area contributed by atoms with E-state index in [2.05, 4.69) is 15.9 Å². The van der Waals surface area contributed by atoms with Gasteiger partial charge >= 0.3 is 6.18 Å². The Kier molecular flexibility index (Phi) is 4.76. The highest BCUT2D eigenvalue weighted by atomic mass is 79.9. The van der Waals surface area contributed by atoms with Gasteiger partial charge in [0.1, 0.15) is 0 Å². The molecule has 0 unspecified atom stereocenters. The molecule has 0 amide bonds. The monoisotopic (exact) mass is 298 g/mol. The molecular weight excluding hydrogens is 289 g/mol. The quantitative estimate of drug-likeness (QED) is 0.866. The van der Waals surface area contributed by atoms with E-state index in [1.54, 1.807) is 6.07 Å². The molecule has 0 spiro atoms. The maximum Gasteiger partial charge on any atom is 0.416 e. The Balaban J connectivity index is 2.82. The van der Waals surface area contributed by atoms with Crippen molar-refractivity contribution < 1.29 is 23.0 Å². The standard InChI is InChI=1S/C10H10BrF3O2/c11-9-4-7(6-16-2-1-15)3-8(5-9)10(12,13)14/h3-5,15H,1-2,6H2. The Morgan fingerprint density at radius 2 is 1.94 bits per heavy atom. The number of hydrogen-bond acceptors (Lipinski definition) is 2. The SMILES string of the molecule is OCCOCc1cc(Br)cc(C(F)(F)F)c1. The average Bonchev–Trinajstić information content (AvgIpc) is 2.16. The smallest absolute Gasteiger partial charge is 0.394 e. The number of aliphatic hydroxyl groups is 1. The van der Waals surface area contributed by atoms with Gasteiger partial charge in [-0.2, -0.15) is 13.2 Å². The van der Waals surface area contributed by atoms with E-state index in [-0.39, 0.29) is 19.8 Å². The fourth-order valence-corrected chi connectivity index (χ4v) is 1.69. The molecule has 0 aliphatic rings. The second kappa shape index (κ2) is 5.65. The number of aliphatic hydroxyl groups excluding tert-OH is 1. The van der Waals surface area contributed by atoms with Crippen LogP contribution in [0.2, 0.25) is 0 Å². The van der Waals surface area contributed by atoms with Crippen LogP contribution in [0.4, 0.5) is 13.2 Å². The first-order chi connectivity index (χ1) is 7.43. The molecule has 0 saturated carbocycles. The molecule has 16 heavy (non-hydrogen) atoms. The molecule has 0 aliphatic heterocycles. The number of benzene rings is 1.